The van der Waals surface area contributed by atoms with Crippen molar-refractivity contribution < 1.29 is 5.11 Å². The summed E-state index contributed by atoms with van der Waals surface area (Å²) in [6.45, 7) is 8.81. The Balaban J connectivity index is 2.42. The molecule has 0 aliphatic rings. The van der Waals surface area contributed by atoms with Gasteiger partial charge in [0.05, 0.1) is 5.60 Å². The first-order valence-corrected chi connectivity index (χ1v) is 6.72. The highest BCUT2D eigenvalue weighted by Gasteiger charge is 2.21. The molecule has 0 amide bonds. The van der Waals surface area contributed by atoms with E-state index < -0.39 is 5.60 Å². The summed E-state index contributed by atoms with van der Waals surface area (Å²) in [5, 5.41) is 13.5. The van der Waals surface area contributed by atoms with Crippen LogP contribution in [0.1, 0.15) is 45.7 Å². The Morgan fingerprint density at radius 3 is 2.59 bits per heavy atom. The van der Waals surface area contributed by atoms with E-state index in [1.54, 1.807) is 0 Å². The quantitative estimate of drug-likeness (QED) is 0.730. The summed E-state index contributed by atoms with van der Waals surface area (Å²) < 4.78 is 2.27. The Morgan fingerprint density at radius 1 is 1.29 bits per heavy atom. The van der Waals surface area contributed by atoms with Crippen LogP contribution in [0.15, 0.2) is 18.3 Å². The molecular formula is C14H26N2O. The molecule has 0 aliphatic heterocycles. The first-order valence-electron chi connectivity index (χ1n) is 6.72. The standard InChI is InChI=1S/C14H26N2O/c1-4-9-16-10-7-8-13(16)11-15-12-14(17,5-2)6-3/h7-8,10,15,17H,4-6,9,11-12H2,1-3H3. The molecule has 0 unspecified atom stereocenters. The molecule has 1 aromatic heterocycles. The van der Waals surface area contributed by atoms with E-state index in [1.165, 1.54) is 5.69 Å². The largest absolute Gasteiger partial charge is 0.389 e. The van der Waals surface area contributed by atoms with E-state index >= 15 is 0 Å². The van der Waals surface area contributed by atoms with Crippen LogP contribution >= 0.6 is 0 Å². The molecule has 0 radical (unpaired) electrons. The molecule has 0 fully saturated rings. The van der Waals surface area contributed by atoms with Crippen molar-refractivity contribution in [1.29, 1.82) is 0 Å². The van der Waals surface area contributed by atoms with Gasteiger partial charge in [-0.05, 0) is 31.4 Å². The predicted octanol–water partition coefficient (Wildman–Crippen LogP) is 2.54. The number of aryl methyl sites for hydroxylation is 1. The van der Waals surface area contributed by atoms with Crippen LogP contribution in [-0.4, -0.2) is 21.8 Å². The van der Waals surface area contributed by atoms with Crippen molar-refractivity contribution in [3.63, 3.8) is 0 Å². The zero-order chi connectivity index (χ0) is 12.7. The van der Waals surface area contributed by atoms with Crippen LogP contribution in [0.25, 0.3) is 0 Å². The second-order valence-electron chi connectivity index (χ2n) is 4.73. The summed E-state index contributed by atoms with van der Waals surface area (Å²) in [6.07, 6.45) is 4.86. The van der Waals surface area contributed by atoms with Crippen molar-refractivity contribution in [2.45, 2.75) is 58.7 Å². The van der Waals surface area contributed by atoms with Gasteiger partial charge in [-0.1, -0.05) is 20.8 Å². The average molecular weight is 238 g/mol. The third-order valence-corrected chi connectivity index (χ3v) is 3.46. The molecule has 1 rings (SSSR count). The monoisotopic (exact) mass is 238 g/mol. The van der Waals surface area contributed by atoms with Gasteiger partial charge in [-0.25, -0.2) is 0 Å². The maximum Gasteiger partial charge on any atom is 0.0766 e. The normalized spacial score (nSPS) is 12.0. The van der Waals surface area contributed by atoms with Gasteiger partial charge >= 0.3 is 0 Å². The lowest BCUT2D eigenvalue weighted by Crippen LogP contribution is -2.39. The van der Waals surface area contributed by atoms with Crippen molar-refractivity contribution >= 4 is 0 Å². The second kappa shape index (κ2) is 6.82. The Kier molecular flexibility index (Phi) is 5.72. The molecule has 0 bridgehead atoms. The van der Waals surface area contributed by atoms with Gasteiger partial charge in [0.25, 0.3) is 0 Å². The molecule has 2 N–H and O–H groups in total. The third kappa shape index (κ3) is 4.17. The topological polar surface area (TPSA) is 37.2 Å². The molecule has 0 aromatic carbocycles. The molecule has 0 spiro atoms. The minimum atomic E-state index is -0.553. The van der Waals surface area contributed by atoms with Gasteiger partial charge in [-0.3, -0.25) is 0 Å². The Hall–Kier alpha value is -0.800. The van der Waals surface area contributed by atoms with Crippen molar-refractivity contribution in [2.75, 3.05) is 6.54 Å². The van der Waals surface area contributed by atoms with Gasteiger partial charge in [0.15, 0.2) is 0 Å². The van der Waals surface area contributed by atoms with E-state index in [9.17, 15) is 5.11 Å². The Bertz CT molecular complexity index is 316. The van der Waals surface area contributed by atoms with E-state index in [0.717, 1.165) is 32.4 Å². The lowest BCUT2D eigenvalue weighted by atomic mass is 9.98. The van der Waals surface area contributed by atoms with E-state index in [-0.39, 0.29) is 0 Å². The predicted molar refractivity (Wildman–Crippen MR) is 72.0 cm³/mol. The smallest absolute Gasteiger partial charge is 0.0766 e. The number of aromatic nitrogens is 1. The number of hydrogen-bond acceptors (Lipinski definition) is 2. The Labute approximate surface area is 105 Å². The minimum Gasteiger partial charge on any atom is -0.389 e. The van der Waals surface area contributed by atoms with E-state index in [4.69, 9.17) is 0 Å². The summed E-state index contributed by atoms with van der Waals surface area (Å²) in [5.74, 6) is 0. The number of rotatable bonds is 8. The fourth-order valence-electron chi connectivity index (χ4n) is 1.99. The average Bonchev–Trinajstić information content (AvgIpc) is 2.77. The fourth-order valence-corrected chi connectivity index (χ4v) is 1.99. The zero-order valence-corrected chi connectivity index (χ0v) is 11.4. The van der Waals surface area contributed by atoms with E-state index in [0.29, 0.717) is 6.54 Å². The molecule has 3 nitrogen and oxygen atoms in total. The fraction of sp³-hybridized carbons (Fsp3) is 0.714. The number of nitrogens with one attached hydrogen (secondary N) is 1. The maximum atomic E-state index is 10.2. The molecule has 17 heavy (non-hydrogen) atoms. The van der Waals surface area contributed by atoms with E-state index in [1.807, 2.05) is 13.8 Å². The molecular weight excluding hydrogens is 212 g/mol. The molecule has 1 heterocycles. The molecule has 0 atom stereocenters. The van der Waals surface area contributed by atoms with Crippen LogP contribution in [-0.2, 0) is 13.1 Å². The first kappa shape index (κ1) is 14.3. The highest BCUT2D eigenvalue weighted by atomic mass is 16.3. The second-order valence-corrected chi connectivity index (χ2v) is 4.73. The number of hydrogen-bond donors (Lipinski definition) is 2. The summed E-state index contributed by atoms with van der Waals surface area (Å²) in [6, 6.07) is 4.22. The summed E-state index contributed by atoms with van der Waals surface area (Å²) in [5.41, 5.74) is 0.740. The highest BCUT2D eigenvalue weighted by Crippen LogP contribution is 2.13. The third-order valence-electron chi connectivity index (χ3n) is 3.46. The molecule has 98 valence electrons. The summed E-state index contributed by atoms with van der Waals surface area (Å²) in [7, 11) is 0. The van der Waals surface area contributed by atoms with Gasteiger partial charge in [0.1, 0.15) is 0 Å². The first-order chi connectivity index (χ1) is 8.15. The lowest BCUT2D eigenvalue weighted by Gasteiger charge is -2.25. The van der Waals surface area contributed by atoms with Gasteiger partial charge in [-0.15, -0.1) is 0 Å². The van der Waals surface area contributed by atoms with Crippen LogP contribution in [0, 0.1) is 0 Å². The zero-order valence-electron chi connectivity index (χ0n) is 11.4. The van der Waals surface area contributed by atoms with Gasteiger partial charge in [0, 0.05) is 31.5 Å². The molecule has 0 aliphatic carbocycles. The Morgan fingerprint density at radius 2 is 2.00 bits per heavy atom. The van der Waals surface area contributed by atoms with Crippen molar-refractivity contribution in [2.24, 2.45) is 0 Å². The van der Waals surface area contributed by atoms with Crippen molar-refractivity contribution in [1.82, 2.24) is 9.88 Å². The van der Waals surface area contributed by atoms with Crippen LogP contribution in [0.2, 0.25) is 0 Å². The minimum absolute atomic E-state index is 0.553. The molecule has 3 heteroatoms. The summed E-state index contributed by atoms with van der Waals surface area (Å²) >= 11 is 0. The van der Waals surface area contributed by atoms with Crippen LogP contribution in [0.4, 0.5) is 0 Å². The van der Waals surface area contributed by atoms with Crippen molar-refractivity contribution in [3.05, 3.63) is 24.0 Å². The number of aliphatic hydroxyl groups is 1. The molecule has 0 saturated carbocycles. The van der Waals surface area contributed by atoms with Crippen LogP contribution < -0.4 is 5.32 Å². The SMILES string of the molecule is CCCn1cccc1CNCC(O)(CC)CC. The van der Waals surface area contributed by atoms with Gasteiger partial charge in [0.2, 0.25) is 0 Å². The van der Waals surface area contributed by atoms with Gasteiger partial charge < -0.3 is 15.0 Å². The van der Waals surface area contributed by atoms with Gasteiger partial charge in [-0.2, -0.15) is 0 Å². The molecule has 0 saturated heterocycles. The number of nitrogens with zero attached hydrogens (tertiary/aromatic N) is 1. The molecule has 1 aromatic rings. The van der Waals surface area contributed by atoms with Crippen molar-refractivity contribution in [3.8, 4) is 0 Å². The highest BCUT2D eigenvalue weighted by molar-refractivity contribution is 5.07. The van der Waals surface area contributed by atoms with Crippen LogP contribution in [0.5, 0.6) is 0 Å². The van der Waals surface area contributed by atoms with Crippen LogP contribution in [0.3, 0.4) is 0 Å². The summed E-state index contributed by atoms with van der Waals surface area (Å²) in [4.78, 5) is 0. The maximum absolute atomic E-state index is 10.2. The van der Waals surface area contributed by atoms with E-state index in [2.05, 4.69) is 35.1 Å². The lowest BCUT2D eigenvalue weighted by molar-refractivity contribution is 0.0321.